The fourth-order valence-electron chi connectivity index (χ4n) is 2.84. The zero-order valence-corrected chi connectivity index (χ0v) is 13.5. The largest absolute Gasteiger partial charge is 0.376 e. The summed E-state index contributed by atoms with van der Waals surface area (Å²) >= 11 is 0. The average Bonchev–Trinajstić information content (AvgIpc) is 3.22. The lowest BCUT2D eigenvalue weighted by molar-refractivity contribution is -0.125. The van der Waals surface area contributed by atoms with Gasteiger partial charge in [0.25, 0.3) is 0 Å². The number of tetrazole rings is 1. The molecule has 1 aliphatic rings. The van der Waals surface area contributed by atoms with E-state index in [-0.39, 0.29) is 17.8 Å². The Kier molecular flexibility index (Phi) is 5.14. The SMILES string of the molecule is Cc1nnnn1[C@@H](Cc1cccc(F)c1)C(=O)NC[C@H]1CCCO1. The number of carbonyl (C=O) groups excluding carboxylic acids is 1. The maximum atomic E-state index is 13.4. The first-order valence-electron chi connectivity index (χ1n) is 8.01. The number of carbonyl (C=O) groups is 1. The standard InChI is InChI=1S/C16H20FN5O2/c1-11-19-20-21-22(11)15(9-12-4-2-5-13(17)8-12)16(23)18-10-14-6-3-7-24-14/h2,4-5,8,14-15H,3,6-7,9-10H2,1H3,(H,18,23)/t14-,15+/m1/s1. The molecule has 128 valence electrons. The van der Waals surface area contributed by atoms with E-state index >= 15 is 0 Å². The van der Waals surface area contributed by atoms with Gasteiger partial charge in [-0.15, -0.1) is 5.10 Å². The Balaban J connectivity index is 1.74. The van der Waals surface area contributed by atoms with Crippen LogP contribution in [-0.4, -0.2) is 45.4 Å². The molecule has 0 spiro atoms. The number of aromatic nitrogens is 4. The van der Waals surface area contributed by atoms with Gasteiger partial charge in [0.15, 0.2) is 0 Å². The molecule has 1 saturated heterocycles. The molecule has 0 saturated carbocycles. The monoisotopic (exact) mass is 333 g/mol. The van der Waals surface area contributed by atoms with Crippen molar-refractivity contribution in [3.8, 4) is 0 Å². The van der Waals surface area contributed by atoms with Gasteiger partial charge in [0.2, 0.25) is 5.91 Å². The van der Waals surface area contributed by atoms with Crippen LogP contribution in [0.3, 0.4) is 0 Å². The Labute approximate surface area is 139 Å². The predicted octanol–water partition coefficient (Wildman–Crippen LogP) is 1.20. The molecule has 1 amide bonds. The molecule has 1 aromatic heterocycles. The molecule has 0 radical (unpaired) electrons. The number of benzene rings is 1. The maximum Gasteiger partial charge on any atom is 0.245 e. The molecule has 1 N–H and O–H groups in total. The van der Waals surface area contributed by atoms with Gasteiger partial charge in [0, 0.05) is 19.6 Å². The number of ether oxygens (including phenoxy) is 1. The number of halogens is 1. The molecule has 1 aromatic carbocycles. The summed E-state index contributed by atoms with van der Waals surface area (Å²) in [4.78, 5) is 12.7. The highest BCUT2D eigenvalue weighted by atomic mass is 19.1. The van der Waals surface area contributed by atoms with Crippen LogP contribution in [0.4, 0.5) is 4.39 Å². The Hall–Kier alpha value is -2.35. The Morgan fingerprint density at radius 2 is 2.42 bits per heavy atom. The van der Waals surface area contributed by atoms with Gasteiger partial charge in [-0.3, -0.25) is 4.79 Å². The minimum absolute atomic E-state index is 0.0544. The summed E-state index contributed by atoms with van der Waals surface area (Å²) in [5, 5.41) is 14.3. The third-order valence-electron chi connectivity index (χ3n) is 4.10. The second-order valence-corrected chi connectivity index (χ2v) is 5.90. The molecule has 1 aliphatic heterocycles. The van der Waals surface area contributed by atoms with Crippen molar-refractivity contribution >= 4 is 5.91 Å². The molecular weight excluding hydrogens is 313 g/mol. The smallest absolute Gasteiger partial charge is 0.245 e. The first-order valence-corrected chi connectivity index (χ1v) is 8.01. The minimum Gasteiger partial charge on any atom is -0.376 e. The summed E-state index contributed by atoms with van der Waals surface area (Å²) in [6, 6.07) is 5.56. The maximum absolute atomic E-state index is 13.4. The average molecular weight is 333 g/mol. The zero-order chi connectivity index (χ0) is 16.9. The number of rotatable bonds is 6. The number of nitrogens with zero attached hydrogens (tertiary/aromatic N) is 4. The quantitative estimate of drug-likeness (QED) is 0.859. The van der Waals surface area contributed by atoms with Gasteiger partial charge in [0.1, 0.15) is 17.7 Å². The summed E-state index contributed by atoms with van der Waals surface area (Å²) in [7, 11) is 0. The fraction of sp³-hybridized carbons (Fsp3) is 0.500. The van der Waals surface area contributed by atoms with Crippen LogP contribution >= 0.6 is 0 Å². The number of hydrogen-bond acceptors (Lipinski definition) is 5. The van der Waals surface area contributed by atoms with Gasteiger partial charge in [-0.25, -0.2) is 9.07 Å². The Morgan fingerprint density at radius 3 is 3.08 bits per heavy atom. The van der Waals surface area contributed by atoms with E-state index < -0.39 is 6.04 Å². The van der Waals surface area contributed by atoms with Crippen molar-refractivity contribution < 1.29 is 13.9 Å². The van der Waals surface area contributed by atoms with Crippen molar-refractivity contribution in [3.05, 3.63) is 41.5 Å². The van der Waals surface area contributed by atoms with Crippen LogP contribution in [0, 0.1) is 12.7 Å². The molecule has 2 aromatic rings. The molecule has 0 aliphatic carbocycles. The highest BCUT2D eigenvalue weighted by molar-refractivity contribution is 5.80. The summed E-state index contributed by atoms with van der Waals surface area (Å²) < 4.78 is 20.4. The third kappa shape index (κ3) is 3.94. The van der Waals surface area contributed by atoms with Crippen LogP contribution in [0.25, 0.3) is 0 Å². The van der Waals surface area contributed by atoms with E-state index in [1.165, 1.54) is 16.8 Å². The Bertz CT molecular complexity index is 699. The fourth-order valence-corrected chi connectivity index (χ4v) is 2.84. The normalized spacial score (nSPS) is 18.5. The van der Waals surface area contributed by atoms with Crippen LogP contribution in [0.15, 0.2) is 24.3 Å². The van der Waals surface area contributed by atoms with Gasteiger partial charge in [0.05, 0.1) is 6.10 Å². The molecule has 0 unspecified atom stereocenters. The Morgan fingerprint density at radius 1 is 1.54 bits per heavy atom. The summed E-state index contributed by atoms with van der Waals surface area (Å²) in [6.45, 7) is 2.92. The molecule has 8 heteroatoms. The highest BCUT2D eigenvalue weighted by Gasteiger charge is 2.25. The number of hydrogen-bond donors (Lipinski definition) is 1. The lowest BCUT2D eigenvalue weighted by Gasteiger charge is -2.19. The van der Waals surface area contributed by atoms with Gasteiger partial charge in [-0.2, -0.15) is 0 Å². The van der Waals surface area contributed by atoms with Crippen molar-refractivity contribution in [1.82, 2.24) is 25.5 Å². The summed E-state index contributed by atoms with van der Waals surface area (Å²) in [5.74, 6) is -0.00622. The van der Waals surface area contributed by atoms with Crippen molar-refractivity contribution in [2.75, 3.05) is 13.2 Å². The van der Waals surface area contributed by atoms with E-state index in [2.05, 4.69) is 20.8 Å². The lowest BCUT2D eigenvalue weighted by atomic mass is 10.0. The molecular formula is C16H20FN5O2. The highest BCUT2D eigenvalue weighted by Crippen LogP contribution is 2.17. The van der Waals surface area contributed by atoms with Crippen LogP contribution in [0.5, 0.6) is 0 Å². The van der Waals surface area contributed by atoms with Crippen LogP contribution < -0.4 is 5.32 Å². The second-order valence-electron chi connectivity index (χ2n) is 5.90. The van der Waals surface area contributed by atoms with Crippen molar-refractivity contribution in [3.63, 3.8) is 0 Å². The van der Waals surface area contributed by atoms with E-state index in [1.54, 1.807) is 19.1 Å². The van der Waals surface area contributed by atoms with Gasteiger partial charge >= 0.3 is 0 Å². The van der Waals surface area contributed by atoms with Crippen molar-refractivity contribution in [1.29, 1.82) is 0 Å². The minimum atomic E-state index is -0.636. The summed E-state index contributed by atoms with van der Waals surface area (Å²) in [5.41, 5.74) is 0.710. The first-order chi connectivity index (χ1) is 11.6. The molecule has 24 heavy (non-hydrogen) atoms. The summed E-state index contributed by atoms with van der Waals surface area (Å²) in [6.07, 6.45) is 2.32. The predicted molar refractivity (Wildman–Crippen MR) is 83.7 cm³/mol. The van der Waals surface area contributed by atoms with E-state index in [0.717, 1.165) is 19.4 Å². The van der Waals surface area contributed by atoms with Gasteiger partial charge < -0.3 is 10.1 Å². The third-order valence-corrected chi connectivity index (χ3v) is 4.10. The van der Waals surface area contributed by atoms with E-state index in [9.17, 15) is 9.18 Å². The number of nitrogens with one attached hydrogen (secondary N) is 1. The van der Waals surface area contributed by atoms with Gasteiger partial charge in [-0.1, -0.05) is 12.1 Å². The molecule has 2 atom stereocenters. The molecule has 2 heterocycles. The topological polar surface area (TPSA) is 81.9 Å². The van der Waals surface area contributed by atoms with Crippen LogP contribution in [-0.2, 0) is 16.0 Å². The second kappa shape index (κ2) is 7.48. The van der Waals surface area contributed by atoms with E-state index in [1.807, 2.05) is 0 Å². The van der Waals surface area contributed by atoms with Crippen LogP contribution in [0.1, 0.15) is 30.3 Å². The molecule has 7 nitrogen and oxygen atoms in total. The molecule has 3 rings (SSSR count). The van der Waals surface area contributed by atoms with Crippen molar-refractivity contribution in [2.45, 2.75) is 38.3 Å². The molecule has 0 bridgehead atoms. The zero-order valence-electron chi connectivity index (χ0n) is 13.5. The number of aryl methyl sites for hydroxylation is 1. The number of amides is 1. The van der Waals surface area contributed by atoms with E-state index in [4.69, 9.17) is 4.74 Å². The van der Waals surface area contributed by atoms with E-state index in [0.29, 0.717) is 24.4 Å². The lowest BCUT2D eigenvalue weighted by Crippen LogP contribution is -2.38. The first kappa shape index (κ1) is 16.5. The molecule has 1 fully saturated rings. The van der Waals surface area contributed by atoms with Crippen LogP contribution in [0.2, 0.25) is 0 Å². The van der Waals surface area contributed by atoms with Crippen molar-refractivity contribution in [2.24, 2.45) is 0 Å². The van der Waals surface area contributed by atoms with Gasteiger partial charge in [-0.05, 0) is 47.9 Å².